The molecule has 7 nitrogen and oxygen atoms in total. The van der Waals surface area contributed by atoms with E-state index in [1.165, 1.54) is 22.0 Å². The Morgan fingerprint density at radius 1 is 1.14 bits per heavy atom. The van der Waals surface area contributed by atoms with Gasteiger partial charge in [-0.15, -0.1) is 10.2 Å². The third-order valence-corrected chi connectivity index (χ3v) is 5.59. The molecule has 0 aliphatic rings. The molecule has 29 heavy (non-hydrogen) atoms. The van der Waals surface area contributed by atoms with Crippen LogP contribution in [0, 0.1) is 0 Å². The highest BCUT2D eigenvalue weighted by Gasteiger charge is 2.19. The topological polar surface area (TPSA) is 95.1 Å². The first-order valence-corrected chi connectivity index (χ1v) is 10.3. The van der Waals surface area contributed by atoms with E-state index in [9.17, 15) is 4.79 Å². The molecule has 0 saturated carbocycles. The van der Waals surface area contributed by atoms with Gasteiger partial charge in [-0.2, -0.15) is 0 Å². The third kappa shape index (κ3) is 5.29. The van der Waals surface area contributed by atoms with Crippen molar-refractivity contribution in [1.29, 1.82) is 0 Å². The van der Waals surface area contributed by atoms with Crippen molar-refractivity contribution in [3.8, 4) is 5.75 Å². The number of thioether (sulfide) groups is 1. The second kappa shape index (κ2) is 9.47. The lowest BCUT2D eigenvalue weighted by Gasteiger charge is -2.12. The minimum Gasteiger partial charge on any atom is -0.497 e. The average molecular weight is 412 g/mol. The first-order valence-electron chi connectivity index (χ1n) is 9.39. The van der Waals surface area contributed by atoms with Gasteiger partial charge in [-0.1, -0.05) is 43.0 Å². The smallest absolute Gasteiger partial charge is 0.237 e. The van der Waals surface area contributed by atoms with Crippen LogP contribution in [-0.4, -0.2) is 33.1 Å². The fourth-order valence-electron chi connectivity index (χ4n) is 2.71. The van der Waals surface area contributed by atoms with Crippen LogP contribution in [0.25, 0.3) is 0 Å². The molecule has 0 saturated heterocycles. The van der Waals surface area contributed by atoms with Gasteiger partial charge in [-0.3, -0.25) is 4.79 Å². The second-order valence-corrected chi connectivity index (χ2v) is 7.90. The number of methoxy groups -OCH3 is 1. The number of nitrogens with zero attached hydrogens (tertiary/aromatic N) is 3. The molecule has 152 valence electrons. The number of benzene rings is 2. The Labute approximate surface area is 174 Å². The highest BCUT2D eigenvalue weighted by atomic mass is 32.2. The molecule has 3 rings (SSSR count). The molecule has 1 heterocycles. The minimum atomic E-state index is -0.374. The molecule has 0 spiro atoms. The number of carbonyl (C=O) groups is 1. The molecule has 1 aromatic heterocycles. The summed E-state index contributed by atoms with van der Waals surface area (Å²) in [4.78, 5) is 12.5. The Balaban J connectivity index is 1.61. The molecular weight excluding hydrogens is 386 g/mol. The predicted octanol–water partition coefficient (Wildman–Crippen LogP) is 3.27. The van der Waals surface area contributed by atoms with Crippen LogP contribution in [0.15, 0.2) is 53.7 Å². The lowest BCUT2D eigenvalue weighted by molar-refractivity contribution is -0.115. The van der Waals surface area contributed by atoms with Gasteiger partial charge in [-0.05, 0) is 48.7 Å². The zero-order valence-corrected chi connectivity index (χ0v) is 17.6. The van der Waals surface area contributed by atoms with Crippen molar-refractivity contribution in [2.45, 2.75) is 37.1 Å². The van der Waals surface area contributed by atoms with Crippen LogP contribution in [0.2, 0.25) is 0 Å². The summed E-state index contributed by atoms with van der Waals surface area (Å²) in [5.41, 5.74) is 3.04. The first-order chi connectivity index (χ1) is 14.0. The van der Waals surface area contributed by atoms with Gasteiger partial charge >= 0.3 is 0 Å². The number of aromatic nitrogens is 3. The number of hydrogen-bond donors (Lipinski definition) is 2. The zero-order valence-electron chi connectivity index (χ0n) is 16.8. The molecule has 0 unspecified atom stereocenters. The monoisotopic (exact) mass is 411 g/mol. The number of nitrogens with one attached hydrogen (secondary N) is 1. The molecule has 0 radical (unpaired) electrons. The molecule has 1 atom stereocenters. The zero-order chi connectivity index (χ0) is 20.8. The number of nitrogens with two attached hydrogens (primary N) is 1. The summed E-state index contributed by atoms with van der Waals surface area (Å²) in [5.74, 6) is 7.46. The summed E-state index contributed by atoms with van der Waals surface area (Å²) in [6, 6.07) is 15.5. The van der Waals surface area contributed by atoms with Gasteiger partial charge in [0.2, 0.25) is 11.1 Å². The average Bonchev–Trinajstić information content (AvgIpc) is 3.08. The van der Waals surface area contributed by atoms with Crippen molar-refractivity contribution < 1.29 is 9.53 Å². The number of ether oxygens (including phenoxy) is 1. The molecule has 0 aliphatic heterocycles. The summed E-state index contributed by atoms with van der Waals surface area (Å²) in [7, 11) is 1.63. The van der Waals surface area contributed by atoms with Crippen molar-refractivity contribution >= 4 is 23.4 Å². The molecule has 0 fully saturated rings. The second-order valence-electron chi connectivity index (χ2n) is 6.59. The van der Waals surface area contributed by atoms with Crippen molar-refractivity contribution in [1.82, 2.24) is 14.9 Å². The standard InChI is InChI=1S/C21H25N5O2S/c1-4-15-5-9-17(10-6-15)23-20(27)14(2)29-21-25-24-19(26(21)22)13-16-7-11-18(28-3)12-8-16/h5-12,14H,4,13,22H2,1-3H3,(H,23,27)/t14-/m0/s1. The number of rotatable bonds is 8. The van der Waals surface area contributed by atoms with Gasteiger partial charge in [-0.25, -0.2) is 4.68 Å². The maximum absolute atomic E-state index is 12.5. The predicted molar refractivity (Wildman–Crippen MR) is 116 cm³/mol. The van der Waals surface area contributed by atoms with Crippen molar-refractivity contribution in [3.63, 3.8) is 0 Å². The molecule has 8 heteroatoms. The Morgan fingerprint density at radius 2 is 1.79 bits per heavy atom. The number of aryl methyl sites for hydroxylation is 1. The number of amides is 1. The molecule has 0 aliphatic carbocycles. The van der Waals surface area contributed by atoms with Crippen LogP contribution in [0.5, 0.6) is 5.75 Å². The normalized spacial score (nSPS) is 11.8. The van der Waals surface area contributed by atoms with Crippen molar-refractivity contribution in [3.05, 3.63) is 65.5 Å². The minimum absolute atomic E-state index is 0.112. The first kappa shape index (κ1) is 20.7. The van der Waals surface area contributed by atoms with E-state index in [0.717, 1.165) is 23.4 Å². The van der Waals surface area contributed by atoms with E-state index in [0.29, 0.717) is 17.4 Å². The molecule has 1 amide bonds. The van der Waals surface area contributed by atoms with E-state index in [-0.39, 0.29) is 11.2 Å². The fourth-order valence-corrected chi connectivity index (χ4v) is 3.50. The lowest BCUT2D eigenvalue weighted by Crippen LogP contribution is -2.24. The van der Waals surface area contributed by atoms with E-state index in [1.54, 1.807) is 7.11 Å². The highest BCUT2D eigenvalue weighted by Crippen LogP contribution is 2.23. The van der Waals surface area contributed by atoms with Gasteiger partial charge in [0, 0.05) is 12.1 Å². The number of nitrogen functional groups attached to an aromatic ring is 1. The van der Waals surface area contributed by atoms with Crippen LogP contribution >= 0.6 is 11.8 Å². The Hall–Kier alpha value is -3.00. The maximum Gasteiger partial charge on any atom is 0.237 e. The van der Waals surface area contributed by atoms with E-state index in [1.807, 2.05) is 55.5 Å². The summed E-state index contributed by atoms with van der Waals surface area (Å²) in [5, 5.41) is 11.4. The molecular formula is C21H25N5O2S. The Bertz CT molecular complexity index is 954. The van der Waals surface area contributed by atoms with Crippen molar-refractivity contribution in [2.75, 3.05) is 18.3 Å². The van der Waals surface area contributed by atoms with E-state index >= 15 is 0 Å². The SMILES string of the molecule is CCc1ccc(NC(=O)[C@H](C)Sc2nnc(Cc3ccc(OC)cc3)n2N)cc1. The number of anilines is 1. The summed E-state index contributed by atoms with van der Waals surface area (Å²) in [6.07, 6.45) is 1.50. The van der Waals surface area contributed by atoms with E-state index < -0.39 is 0 Å². The summed E-state index contributed by atoms with van der Waals surface area (Å²) >= 11 is 1.27. The Morgan fingerprint density at radius 3 is 2.41 bits per heavy atom. The Kier molecular flexibility index (Phi) is 6.77. The fraction of sp³-hybridized carbons (Fsp3) is 0.286. The molecule has 0 bridgehead atoms. The van der Waals surface area contributed by atoms with Crippen LogP contribution in [-0.2, 0) is 17.6 Å². The van der Waals surface area contributed by atoms with Crippen LogP contribution < -0.4 is 15.9 Å². The van der Waals surface area contributed by atoms with E-state index in [4.69, 9.17) is 10.6 Å². The lowest BCUT2D eigenvalue weighted by atomic mass is 10.1. The third-order valence-electron chi connectivity index (χ3n) is 4.54. The summed E-state index contributed by atoms with van der Waals surface area (Å²) in [6.45, 7) is 3.91. The van der Waals surface area contributed by atoms with Crippen LogP contribution in [0.4, 0.5) is 5.69 Å². The van der Waals surface area contributed by atoms with E-state index in [2.05, 4.69) is 22.4 Å². The highest BCUT2D eigenvalue weighted by molar-refractivity contribution is 8.00. The van der Waals surface area contributed by atoms with Crippen LogP contribution in [0.3, 0.4) is 0 Å². The van der Waals surface area contributed by atoms with Crippen molar-refractivity contribution in [2.24, 2.45) is 0 Å². The summed E-state index contributed by atoms with van der Waals surface area (Å²) < 4.78 is 6.61. The molecule has 3 N–H and O–H groups in total. The van der Waals surface area contributed by atoms with Gasteiger partial charge in [0.15, 0.2) is 5.82 Å². The largest absolute Gasteiger partial charge is 0.497 e. The van der Waals surface area contributed by atoms with Crippen LogP contribution in [0.1, 0.15) is 30.8 Å². The van der Waals surface area contributed by atoms with Gasteiger partial charge < -0.3 is 15.9 Å². The van der Waals surface area contributed by atoms with Gasteiger partial charge in [0.25, 0.3) is 0 Å². The van der Waals surface area contributed by atoms with Gasteiger partial charge in [0.1, 0.15) is 5.75 Å². The maximum atomic E-state index is 12.5. The quantitative estimate of drug-likeness (QED) is 0.436. The molecule has 3 aromatic rings. The van der Waals surface area contributed by atoms with Gasteiger partial charge in [0.05, 0.1) is 12.4 Å². The number of hydrogen-bond acceptors (Lipinski definition) is 6. The molecule has 2 aromatic carbocycles. The number of carbonyl (C=O) groups excluding carboxylic acids is 1.